The second-order valence-corrected chi connectivity index (χ2v) is 5.83. The van der Waals surface area contributed by atoms with E-state index in [1.54, 1.807) is 20.8 Å². The molecule has 1 unspecified atom stereocenters. The molecule has 0 saturated carbocycles. The summed E-state index contributed by atoms with van der Waals surface area (Å²) in [5, 5.41) is 10.8. The third kappa shape index (κ3) is 4.14. The van der Waals surface area contributed by atoms with Crippen LogP contribution in [0.5, 0.6) is 11.5 Å². The fourth-order valence-corrected chi connectivity index (χ4v) is 2.00. The first-order valence-corrected chi connectivity index (χ1v) is 7.04. The summed E-state index contributed by atoms with van der Waals surface area (Å²) in [6, 6.07) is 4.94. The molecule has 1 N–H and O–H groups in total. The predicted octanol–water partition coefficient (Wildman–Crippen LogP) is 3.44. The van der Waals surface area contributed by atoms with E-state index in [4.69, 9.17) is 4.74 Å². The summed E-state index contributed by atoms with van der Waals surface area (Å²) in [7, 11) is 0. The Kier molecular flexibility index (Phi) is 4.70. The fourth-order valence-electron chi connectivity index (χ4n) is 2.00. The summed E-state index contributed by atoms with van der Waals surface area (Å²) in [4.78, 5) is 7.73. The Bertz CT molecular complexity index is 671. The van der Waals surface area contributed by atoms with Crippen molar-refractivity contribution in [3.63, 3.8) is 0 Å². The van der Waals surface area contributed by atoms with E-state index in [9.17, 15) is 18.3 Å². The van der Waals surface area contributed by atoms with Gasteiger partial charge in [0.15, 0.2) is 0 Å². The normalized spacial score (nSPS) is 14.8. The van der Waals surface area contributed by atoms with Crippen LogP contribution < -0.4 is 9.47 Å². The molecule has 0 radical (unpaired) electrons. The van der Waals surface area contributed by atoms with Crippen LogP contribution in [0, 0.1) is 0 Å². The molecule has 0 amide bonds. The average Bonchev–Trinajstić information content (AvgIpc) is 2.48. The Morgan fingerprint density at radius 1 is 0.875 bits per heavy atom. The van der Waals surface area contributed by atoms with E-state index in [2.05, 4.69) is 14.7 Å². The van der Waals surface area contributed by atoms with Crippen LogP contribution in [0.2, 0.25) is 0 Å². The van der Waals surface area contributed by atoms with Gasteiger partial charge in [-0.25, -0.2) is 9.97 Å². The molecule has 0 bridgehead atoms. The maximum Gasteiger partial charge on any atom is 0.573 e. The van der Waals surface area contributed by atoms with Crippen molar-refractivity contribution >= 4 is 0 Å². The van der Waals surface area contributed by atoms with E-state index in [0.29, 0.717) is 5.56 Å². The minimum atomic E-state index is -4.75. The molecule has 0 aliphatic heterocycles. The minimum Gasteiger partial charge on any atom is -0.484 e. The number of rotatable bonds is 5. The summed E-state index contributed by atoms with van der Waals surface area (Å²) in [5.41, 5.74) is -2.09. The van der Waals surface area contributed by atoms with Gasteiger partial charge in [0.1, 0.15) is 29.0 Å². The molecule has 0 saturated heterocycles. The maximum absolute atomic E-state index is 12.2. The van der Waals surface area contributed by atoms with Crippen molar-refractivity contribution in [3.05, 3.63) is 48.5 Å². The minimum absolute atomic E-state index is 0.284. The molecular formula is C16H17F3N2O3. The Morgan fingerprint density at radius 2 is 1.33 bits per heavy atom. The first kappa shape index (κ1) is 18.0. The van der Waals surface area contributed by atoms with Crippen LogP contribution >= 0.6 is 0 Å². The lowest BCUT2D eigenvalue weighted by molar-refractivity contribution is -0.274. The number of hydrogen-bond donors (Lipinski definition) is 1. The van der Waals surface area contributed by atoms with Gasteiger partial charge in [-0.05, 0) is 45.0 Å². The smallest absolute Gasteiger partial charge is 0.484 e. The summed E-state index contributed by atoms with van der Waals surface area (Å²) in [6.45, 7) is 4.85. The second kappa shape index (κ2) is 6.27. The standard InChI is InChI=1S/C16H17F3N2O3/c1-14(2,15(3,22)11-8-20-10-21-9-11)23-12-4-6-13(7-5-12)24-16(17,18)19/h4-10,22H,1-3H3. The van der Waals surface area contributed by atoms with E-state index in [-0.39, 0.29) is 11.5 Å². The largest absolute Gasteiger partial charge is 0.573 e. The van der Waals surface area contributed by atoms with E-state index < -0.39 is 17.6 Å². The van der Waals surface area contributed by atoms with Gasteiger partial charge in [-0.1, -0.05) is 0 Å². The number of aliphatic hydroxyl groups is 1. The quantitative estimate of drug-likeness (QED) is 0.902. The number of alkyl halides is 3. The Labute approximate surface area is 137 Å². The fraction of sp³-hybridized carbons (Fsp3) is 0.375. The van der Waals surface area contributed by atoms with Gasteiger partial charge < -0.3 is 14.6 Å². The molecule has 0 fully saturated rings. The Morgan fingerprint density at radius 3 is 1.79 bits per heavy atom. The Hall–Kier alpha value is -2.35. The van der Waals surface area contributed by atoms with E-state index in [0.717, 1.165) is 12.1 Å². The van der Waals surface area contributed by atoms with Gasteiger partial charge in [-0.2, -0.15) is 0 Å². The van der Waals surface area contributed by atoms with E-state index in [1.807, 2.05) is 0 Å². The predicted molar refractivity (Wildman–Crippen MR) is 79.4 cm³/mol. The second-order valence-electron chi connectivity index (χ2n) is 5.83. The number of aromatic nitrogens is 2. The zero-order valence-electron chi connectivity index (χ0n) is 13.3. The monoisotopic (exact) mass is 342 g/mol. The van der Waals surface area contributed by atoms with Crippen LogP contribution in [0.1, 0.15) is 26.3 Å². The van der Waals surface area contributed by atoms with Crippen LogP contribution in [-0.4, -0.2) is 27.0 Å². The van der Waals surface area contributed by atoms with Crippen LogP contribution in [0.15, 0.2) is 43.0 Å². The lowest BCUT2D eigenvalue weighted by atomic mass is 9.82. The topological polar surface area (TPSA) is 64.5 Å². The molecule has 1 aromatic carbocycles. The van der Waals surface area contributed by atoms with Crippen LogP contribution in [-0.2, 0) is 5.60 Å². The number of hydrogen-bond acceptors (Lipinski definition) is 5. The van der Waals surface area contributed by atoms with Crippen molar-refractivity contribution in [2.75, 3.05) is 0 Å². The van der Waals surface area contributed by atoms with Gasteiger partial charge in [-0.3, -0.25) is 0 Å². The highest BCUT2D eigenvalue weighted by Gasteiger charge is 2.43. The van der Waals surface area contributed by atoms with Gasteiger partial charge in [0.25, 0.3) is 0 Å². The summed E-state index contributed by atoms with van der Waals surface area (Å²) >= 11 is 0. The number of nitrogens with zero attached hydrogens (tertiary/aromatic N) is 2. The first-order valence-electron chi connectivity index (χ1n) is 7.04. The molecule has 0 aliphatic rings. The molecule has 0 spiro atoms. The lowest BCUT2D eigenvalue weighted by Gasteiger charge is -2.40. The highest BCUT2D eigenvalue weighted by Crippen LogP contribution is 2.36. The summed E-state index contributed by atoms with van der Waals surface area (Å²) < 4.78 is 46.0. The third-order valence-corrected chi connectivity index (χ3v) is 3.73. The third-order valence-electron chi connectivity index (χ3n) is 3.73. The molecular weight excluding hydrogens is 325 g/mol. The van der Waals surface area contributed by atoms with Crippen molar-refractivity contribution in [2.45, 2.75) is 38.3 Å². The van der Waals surface area contributed by atoms with E-state index in [1.165, 1.54) is 30.9 Å². The van der Waals surface area contributed by atoms with E-state index >= 15 is 0 Å². The van der Waals surface area contributed by atoms with Gasteiger partial charge in [0, 0.05) is 18.0 Å². The lowest BCUT2D eigenvalue weighted by Crippen LogP contribution is -2.49. The number of benzene rings is 1. The molecule has 2 aromatic rings. The van der Waals surface area contributed by atoms with Crippen molar-refractivity contribution in [1.29, 1.82) is 0 Å². The van der Waals surface area contributed by atoms with Crippen molar-refractivity contribution in [3.8, 4) is 11.5 Å². The maximum atomic E-state index is 12.2. The molecule has 8 heteroatoms. The van der Waals surface area contributed by atoms with Gasteiger partial charge in [-0.15, -0.1) is 13.2 Å². The van der Waals surface area contributed by atoms with Crippen LogP contribution in [0.4, 0.5) is 13.2 Å². The Balaban J connectivity index is 2.17. The first-order chi connectivity index (χ1) is 11.0. The van der Waals surface area contributed by atoms with Crippen molar-refractivity contribution in [1.82, 2.24) is 9.97 Å². The summed E-state index contributed by atoms with van der Waals surface area (Å²) in [6.07, 6.45) is -0.470. The molecule has 24 heavy (non-hydrogen) atoms. The van der Waals surface area contributed by atoms with Gasteiger partial charge >= 0.3 is 6.36 Å². The van der Waals surface area contributed by atoms with Crippen molar-refractivity contribution in [2.24, 2.45) is 0 Å². The zero-order valence-corrected chi connectivity index (χ0v) is 13.3. The highest BCUT2D eigenvalue weighted by molar-refractivity contribution is 5.32. The SMILES string of the molecule is CC(C)(Oc1ccc(OC(F)(F)F)cc1)C(C)(O)c1cncnc1. The van der Waals surface area contributed by atoms with Crippen LogP contribution in [0.3, 0.4) is 0 Å². The van der Waals surface area contributed by atoms with Gasteiger partial charge in [0.05, 0.1) is 0 Å². The average molecular weight is 342 g/mol. The summed E-state index contributed by atoms with van der Waals surface area (Å²) in [5.74, 6) is -0.0671. The number of ether oxygens (including phenoxy) is 2. The van der Waals surface area contributed by atoms with Gasteiger partial charge in [0.2, 0.25) is 0 Å². The molecule has 1 heterocycles. The molecule has 2 rings (SSSR count). The molecule has 5 nitrogen and oxygen atoms in total. The molecule has 130 valence electrons. The highest BCUT2D eigenvalue weighted by atomic mass is 19.4. The number of halogens is 3. The van der Waals surface area contributed by atoms with Crippen molar-refractivity contribution < 1.29 is 27.8 Å². The van der Waals surface area contributed by atoms with Crippen LogP contribution in [0.25, 0.3) is 0 Å². The zero-order chi connectivity index (χ0) is 18.0. The molecule has 1 atom stereocenters. The molecule has 0 aliphatic carbocycles. The molecule has 1 aromatic heterocycles.